The van der Waals surface area contributed by atoms with Crippen LogP contribution in [-0.4, -0.2) is 18.3 Å². The van der Waals surface area contributed by atoms with Crippen molar-refractivity contribution in [2.75, 3.05) is 12.4 Å². The maximum Gasteiger partial charge on any atom is 0.287 e. The minimum atomic E-state index is -0.278. The van der Waals surface area contributed by atoms with Crippen LogP contribution in [-0.2, 0) is 0 Å². The van der Waals surface area contributed by atoms with Gasteiger partial charge in [0.2, 0.25) is 0 Å². The van der Waals surface area contributed by atoms with Crippen LogP contribution >= 0.6 is 23.2 Å². The summed E-state index contributed by atoms with van der Waals surface area (Å²) in [6, 6.07) is 3.06. The van der Waals surface area contributed by atoms with Gasteiger partial charge in [-0.25, -0.2) is 0 Å². The van der Waals surface area contributed by atoms with Crippen LogP contribution < -0.4 is 5.32 Å². The molecule has 0 saturated carbocycles. The molecule has 0 aliphatic rings. The molecule has 0 fully saturated rings. The number of nitrogens with one attached hydrogen (secondary N) is 1. The minimum Gasteiger partial charge on any atom is -0.440 e. The summed E-state index contributed by atoms with van der Waals surface area (Å²) in [7, 11) is 0. The Bertz CT molecular complexity index is 347. The fourth-order valence-electron chi connectivity index (χ4n) is 0.890. The highest BCUT2D eigenvalue weighted by atomic mass is 35.5. The fraction of sp³-hybridized carbons (Fsp3) is 0.500. The van der Waals surface area contributed by atoms with E-state index in [1.165, 1.54) is 12.1 Å². The summed E-state index contributed by atoms with van der Waals surface area (Å²) in [5, 5.41) is 2.93. The first-order valence-electron chi connectivity index (χ1n) is 4.54. The average molecular weight is 250 g/mol. The van der Waals surface area contributed by atoms with Crippen molar-refractivity contribution in [3.05, 3.63) is 23.1 Å². The Labute approximate surface area is 98.7 Å². The molecule has 1 aromatic rings. The van der Waals surface area contributed by atoms with Crippen molar-refractivity contribution in [3.8, 4) is 0 Å². The second-order valence-electron chi connectivity index (χ2n) is 4.08. The highest BCUT2D eigenvalue weighted by Crippen LogP contribution is 2.16. The molecule has 0 aromatic carbocycles. The average Bonchev–Trinajstić information content (AvgIpc) is 2.61. The van der Waals surface area contributed by atoms with Gasteiger partial charge >= 0.3 is 0 Å². The molecule has 1 heterocycles. The summed E-state index contributed by atoms with van der Waals surface area (Å²) >= 11 is 11.3. The van der Waals surface area contributed by atoms with Crippen molar-refractivity contribution in [2.24, 2.45) is 5.41 Å². The molecule has 1 N–H and O–H groups in total. The van der Waals surface area contributed by atoms with E-state index in [0.717, 1.165) is 0 Å². The van der Waals surface area contributed by atoms with E-state index in [2.05, 4.69) is 5.32 Å². The largest absolute Gasteiger partial charge is 0.440 e. The van der Waals surface area contributed by atoms with Crippen LogP contribution in [0.5, 0.6) is 0 Å². The number of alkyl halides is 1. The number of rotatable bonds is 4. The van der Waals surface area contributed by atoms with Crippen LogP contribution in [0.15, 0.2) is 16.5 Å². The third-order valence-electron chi connectivity index (χ3n) is 1.89. The molecule has 0 atom stereocenters. The normalized spacial score (nSPS) is 11.5. The Kier molecular flexibility index (Phi) is 4.05. The Balaban J connectivity index is 2.50. The highest BCUT2D eigenvalue weighted by Gasteiger charge is 2.19. The molecule has 0 unspecified atom stereocenters. The second-order valence-corrected chi connectivity index (χ2v) is 4.72. The molecule has 0 spiro atoms. The number of carbonyl (C=O) groups excluding carboxylic acids is 1. The quantitative estimate of drug-likeness (QED) is 0.835. The first kappa shape index (κ1) is 12.4. The van der Waals surface area contributed by atoms with Gasteiger partial charge in [-0.3, -0.25) is 4.79 Å². The summed E-state index contributed by atoms with van der Waals surface area (Å²) in [6.45, 7) is 4.43. The van der Waals surface area contributed by atoms with Gasteiger partial charge in [0.05, 0.1) is 0 Å². The van der Waals surface area contributed by atoms with E-state index in [-0.39, 0.29) is 22.3 Å². The van der Waals surface area contributed by atoms with E-state index < -0.39 is 0 Å². The predicted octanol–water partition coefficient (Wildman–Crippen LogP) is 2.93. The number of hydrogen-bond donors (Lipinski definition) is 1. The topological polar surface area (TPSA) is 42.2 Å². The molecule has 0 bridgehead atoms. The van der Waals surface area contributed by atoms with Gasteiger partial charge in [-0.2, -0.15) is 0 Å². The van der Waals surface area contributed by atoms with Crippen molar-refractivity contribution >= 4 is 29.1 Å². The van der Waals surface area contributed by atoms with Crippen molar-refractivity contribution in [3.63, 3.8) is 0 Å². The zero-order valence-corrected chi connectivity index (χ0v) is 10.2. The predicted molar refractivity (Wildman–Crippen MR) is 60.6 cm³/mol. The van der Waals surface area contributed by atoms with Gasteiger partial charge < -0.3 is 9.73 Å². The van der Waals surface area contributed by atoms with Crippen LogP contribution in [0.25, 0.3) is 0 Å². The lowest BCUT2D eigenvalue weighted by atomic mass is 9.96. The van der Waals surface area contributed by atoms with Crippen molar-refractivity contribution in [1.82, 2.24) is 5.32 Å². The van der Waals surface area contributed by atoms with Crippen LogP contribution in [0, 0.1) is 5.41 Å². The van der Waals surface area contributed by atoms with E-state index in [0.29, 0.717) is 12.4 Å². The van der Waals surface area contributed by atoms with Gasteiger partial charge in [0.1, 0.15) is 0 Å². The maximum atomic E-state index is 11.5. The van der Waals surface area contributed by atoms with Gasteiger partial charge in [-0.1, -0.05) is 13.8 Å². The zero-order valence-electron chi connectivity index (χ0n) is 8.64. The standard InChI is InChI=1S/C10H13Cl2NO2/c1-10(2,5-11)6-13-9(14)7-3-4-8(12)15-7/h3-4H,5-6H2,1-2H3,(H,13,14). The number of hydrogen-bond acceptors (Lipinski definition) is 2. The number of halogens is 2. The maximum absolute atomic E-state index is 11.5. The van der Waals surface area contributed by atoms with Crippen LogP contribution in [0.2, 0.25) is 5.22 Å². The first-order chi connectivity index (χ1) is 6.94. The van der Waals surface area contributed by atoms with Gasteiger partial charge in [-0.15, -0.1) is 11.6 Å². The molecule has 0 aliphatic heterocycles. The van der Waals surface area contributed by atoms with Gasteiger partial charge in [0.25, 0.3) is 5.91 Å². The van der Waals surface area contributed by atoms with Crippen molar-refractivity contribution in [1.29, 1.82) is 0 Å². The SMILES string of the molecule is CC(C)(CCl)CNC(=O)c1ccc(Cl)o1. The molecule has 0 aliphatic carbocycles. The molecule has 15 heavy (non-hydrogen) atoms. The van der Waals surface area contributed by atoms with Gasteiger partial charge in [0.15, 0.2) is 11.0 Å². The molecule has 1 aromatic heterocycles. The number of furan rings is 1. The molecule has 84 valence electrons. The number of carbonyl (C=O) groups is 1. The minimum absolute atomic E-state index is 0.131. The Morgan fingerprint density at radius 2 is 2.20 bits per heavy atom. The molecular weight excluding hydrogens is 237 g/mol. The van der Waals surface area contributed by atoms with Crippen LogP contribution in [0.1, 0.15) is 24.4 Å². The molecule has 1 rings (SSSR count). The lowest BCUT2D eigenvalue weighted by Crippen LogP contribution is -2.34. The third-order valence-corrected chi connectivity index (χ3v) is 2.81. The molecule has 3 nitrogen and oxygen atoms in total. The van der Waals surface area contributed by atoms with E-state index in [1.54, 1.807) is 0 Å². The smallest absolute Gasteiger partial charge is 0.287 e. The summed E-state index contributed by atoms with van der Waals surface area (Å²) in [5.74, 6) is 0.414. The second kappa shape index (κ2) is 4.90. The third kappa shape index (κ3) is 3.76. The van der Waals surface area contributed by atoms with Crippen LogP contribution in [0.4, 0.5) is 0 Å². The van der Waals surface area contributed by atoms with Gasteiger partial charge in [0, 0.05) is 12.4 Å². The molecule has 0 radical (unpaired) electrons. The van der Waals surface area contributed by atoms with Crippen LogP contribution in [0.3, 0.4) is 0 Å². The Morgan fingerprint density at radius 3 is 2.67 bits per heavy atom. The summed E-state index contributed by atoms with van der Waals surface area (Å²) < 4.78 is 4.96. The van der Waals surface area contributed by atoms with Crippen molar-refractivity contribution < 1.29 is 9.21 Å². The Hall–Kier alpha value is -0.670. The summed E-state index contributed by atoms with van der Waals surface area (Å²) in [6.07, 6.45) is 0. The number of amides is 1. The van der Waals surface area contributed by atoms with E-state index >= 15 is 0 Å². The summed E-state index contributed by atoms with van der Waals surface area (Å²) in [4.78, 5) is 11.5. The lowest BCUT2D eigenvalue weighted by molar-refractivity contribution is 0.0912. The molecular formula is C10H13Cl2NO2. The zero-order chi connectivity index (χ0) is 11.5. The molecule has 5 heteroatoms. The van der Waals surface area contributed by atoms with E-state index in [4.69, 9.17) is 27.6 Å². The van der Waals surface area contributed by atoms with Gasteiger partial charge in [-0.05, 0) is 29.1 Å². The first-order valence-corrected chi connectivity index (χ1v) is 5.45. The summed E-state index contributed by atoms with van der Waals surface area (Å²) in [5.41, 5.74) is -0.131. The highest BCUT2D eigenvalue weighted by molar-refractivity contribution is 6.29. The van der Waals surface area contributed by atoms with Crippen molar-refractivity contribution in [2.45, 2.75) is 13.8 Å². The fourth-order valence-corrected chi connectivity index (χ4v) is 1.13. The van der Waals surface area contributed by atoms with E-state index in [1.807, 2.05) is 13.8 Å². The Morgan fingerprint density at radius 1 is 1.53 bits per heavy atom. The monoisotopic (exact) mass is 249 g/mol. The molecule has 0 saturated heterocycles. The van der Waals surface area contributed by atoms with E-state index in [9.17, 15) is 4.79 Å². The molecule has 1 amide bonds. The lowest BCUT2D eigenvalue weighted by Gasteiger charge is -2.21.